The van der Waals surface area contributed by atoms with Gasteiger partial charge in [0.25, 0.3) is 0 Å². The predicted molar refractivity (Wildman–Crippen MR) is 103 cm³/mol. The van der Waals surface area contributed by atoms with E-state index in [9.17, 15) is 13.2 Å². The number of carbonyl (C=O) groups is 1. The molecule has 0 radical (unpaired) electrons. The van der Waals surface area contributed by atoms with Crippen LogP contribution in [-0.2, 0) is 26.1 Å². The second-order valence-corrected chi connectivity index (χ2v) is 8.00. The van der Waals surface area contributed by atoms with Gasteiger partial charge in [0.1, 0.15) is 0 Å². The van der Waals surface area contributed by atoms with Crippen LogP contribution in [0.3, 0.4) is 0 Å². The number of piperidine rings is 1. The quantitative estimate of drug-likeness (QED) is 0.601. The van der Waals surface area contributed by atoms with Gasteiger partial charge in [-0.3, -0.25) is 4.79 Å². The number of nitrogens with zero attached hydrogens (tertiary/aromatic N) is 1. The van der Waals surface area contributed by atoms with E-state index in [4.69, 9.17) is 4.74 Å². The molecule has 0 saturated carbocycles. The fraction of sp³-hybridized carbons (Fsp3) is 0.588. The molecule has 1 heterocycles. The first-order valence-corrected chi connectivity index (χ1v) is 10.0. The van der Waals surface area contributed by atoms with E-state index in [2.05, 4.69) is 10.6 Å². The first-order chi connectivity index (χ1) is 12.0. The molecule has 148 valence electrons. The molecule has 9 heteroatoms. The minimum absolute atomic E-state index is 0. The Labute approximate surface area is 161 Å². The highest BCUT2D eigenvalue weighted by Gasteiger charge is 2.25. The highest BCUT2D eigenvalue weighted by molar-refractivity contribution is 7.89. The molecule has 0 unspecified atom stereocenters. The number of hydrogen-bond donors (Lipinski definition) is 2. The van der Waals surface area contributed by atoms with Crippen molar-refractivity contribution in [2.24, 2.45) is 0 Å². The number of carbonyl (C=O) groups excluding carboxylic acids is 1. The highest BCUT2D eigenvalue weighted by atomic mass is 35.5. The molecular weight excluding hydrogens is 378 g/mol. The minimum Gasteiger partial charge on any atom is -0.383 e. The van der Waals surface area contributed by atoms with Gasteiger partial charge < -0.3 is 15.4 Å². The van der Waals surface area contributed by atoms with Crippen LogP contribution in [0.5, 0.6) is 0 Å². The Morgan fingerprint density at radius 3 is 2.65 bits per heavy atom. The Bertz CT molecular complexity index is 664. The summed E-state index contributed by atoms with van der Waals surface area (Å²) in [6.45, 7) is 2.81. The monoisotopic (exact) mass is 405 g/mol. The van der Waals surface area contributed by atoms with Gasteiger partial charge in [-0.15, -0.1) is 12.4 Å². The Morgan fingerprint density at radius 1 is 1.23 bits per heavy atom. The molecule has 1 aliphatic rings. The van der Waals surface area contributed by atoms with E-state index in [0.717, 1.165) is 24.8 Å². The number of methoxy groups -OCH3 is 1. The van der Waals surface area contributed by atoms with Crippen LogP contribution >= 0.6 is 12.4 Å². The van der Waals surface area contributed by atoms with Crippen LogP contribution in [0.4, 0.5) is 0 Å². The minimum atomic E-state index is -3.45. The standard InChI is InChI=1S/C17H27N3O4S.ClH/c1-24-11-8-18-14-17(21)19-13-15-6-5-7-16(12-15)25(22,23)20-9-3-2-4-10-20;/h5-7,12,18H,2-4,8-11,13-14H2,1H3,(H,19,21);1H. The van der Waals surface area contributed by atoms with Gasteiger partial charge in [-0.05, 0) is 30.5 Å². The number of ether oxygens (including phenoxy) is 1. The van der Waals surface area contributed by atoms with Crippen molar-refractivity contribution in [1.82, 2.24) is 14.9 Å². The lowest BCUT2D eigenvalue weighted by Crippen LogP contribution is -2.36. The number of amides is 1. The maximum absolute atomic E-state index is 12.7. The van der Waals surface area contributed by atoms with E-state index in [-0.39, 0.29) is 24.9 Å². The van der Waals surface area contributed by atoms with Crippen LogP contribution < -0.4 is 10.6 Å². The summed E-state index contributed by atoms with van der Waals surface area (Å²) in [6.07, 6.45) is 2.90. The lowest BCUT2D eigenvalue weighted by Gasteiger charge is -2.26. The molecule has 26 heavy (non-hydrogen) atoms. The third-order valence-corrected chi connectivity index (χ3v) is 6.00. The molecular formula is C17H28ClN3O4S. The van der Waals surface area contributed by atoms with E-state index in [1.165, 1.54) is 0 Å². The van der Waals surface area contributed by atoms with Crippen molar-refractivity contribution in [1.29, 1.82) is 0 Å². The third kappa shape index (κ3) is 6.85. The van der Waals surface area contributed by atoms with Crippen molar-refractivity contribution in [3.05, 3.63) is 29.8 Å². The summed E-state index contributed by atoms with van der Waals surface area (Å²) in [5.74, 6) is -0.139. The zero-order valence-corrected chi connectivity index (χ0v) is 16.7. The van der Waals surface area contributed by atoms with Crippen LogP contribution in [0.15, 0.2) is 29.2 Å². The Kier molecular flexibility index (Phi) is 10.1. The summed E-state index contributed by atoms with van der Waals surface area (Å²) < 4.78 is 31.8. The number of rotatable bonds is 9. The van der Waals surface area contributed by atoms with E-state index >= 15 is 0 Å². The number of halogens is 1. The normalized spacial score (nSPS) is 15.3. The van der Waals surface area contributed by atoms with Gasteiger partial charge in [0.15, 0.2) is 0 Å². The van der Waals surface area contributed by atoms with Crippen molar-refractivity contribution < 1.29 is 17.9 Å². The summed E-state index contributed by atoms with van der Waals surface area (Å²) in [6, 6.07) is 6.78. The molecule has 1 fully saturated rings. The second kappa shape index (κ2) is 11.5. The summed E-state index contributed by atoms with van der Waals surface area (Å²) in [4.78, 5) is 12.1. The van der Waals surface area contributed by atoms with Gasteiger partial charge in [0.05, 0.1) is 18.0 Å². The van der Waals surface area contributed by atoms with Crippen molar-refractivity contribution in [2.75, 3.05) is 39.9 Å². The molecule has 2 N–H and O–H groups in total. The maximum Gasteiger partial charge on any atom is 0.243 e. The van der Waals surface area contributed by atoms with Gasteiger partial charge in [-0.25, -0.2) is 8.42 Å². The number of nitrogens with one attached hydrogen (secondary N) is 2. The zero-order valence-electron chi connectivity index (χ0n) is 15.1. The van der Waals surface area contributed by atoms with Crippen molar-refractivity contribution in [2.45, 2.75) is 30.7 Å². The molecule has 1 aromatic carbocycles. The van der Waals surface area contributed by atoms with Crippen LogP contribution in [-0.4, -0.2) is 58.5 Å². The highest BCUT2D eigenvalue weighted by Crippen LogP contribution is 2.21. The Hall–Kier alpha value is -1.19. The van der Waals surface area contributed by atoms with Gasteiger partial charge in [0.2, 0.25) is 15.9 Å². The summed E-state index contributed by atoms with van der Waals surface area (Å²) in [5.41, 5.74) is 0.767. The largest absolute Gasteiger partial charge is 0.383 e. The molecule has 7 nitrogen and oxygen atoms in total. The third-order valence-electron chi connectivity index (χ3n) is 4.11. The average molecular weight is 406 g/mol. The van der Waals surface area contributed by atoms with Crippen LogP contribution in [0.1, 0.15) is 24.8 Å². The van der Waals surface area contributed by atoms with Gasteiger partial charge in [-0.1, -0.05) is 18.6 Å². The SMILES string of the molecule is COCCNCC(=O)NCc1cccc(S(=O)(=O)N2CCCCC2)c1.Cl. The molecule has 0 aromatic heterocycles. The lowest BCUT2D eigenvalue weighted by molar-refractivity contribution is -0.120. The molecule has 1 aromatic rings. The first kappa shape index (κ1) is 22.9. The maximum atomic E-state index is 12.7. The van der Waals surface area contributed by atoms with E-state index in [0.29, 0.717) is 37.7 Å². The molecule has 2 rings (SSSR count). The number of benzene rings is 1. The fourth-order valence-electron chi connectivity index (χ4n) is 2.71. The smallest absolute Gasteiger partial charge is 0.243 e. The van der Waals surface area contributed by atoms with Gasteiger partial charge in [0, 0.05) is 33.3 Å². The van der Waals surface area contributed by atoms with Crippen LogP contribution in [0, 0.1) is 0 Å². The predicted octanol–water partition coefficient (Wildman–Crippen LogP) is 1.14. The van der Waals surface area contributed by atoms with Crippen molar-refractivity contribution >= 4 is 28.3 Å². The van der Waals surface area contributed by atoms with Gasteiger partial charge in [-0.2, -0.15) is 4.31 Å². The topological polar surface area (TPSA) is 87.7 Å². The number of sulfonamides is 1. The summed E-state index contributed by atoms with van der Waals surface area (Å²) >= 11 is 0. The first-order valence-electron chi connectivity index (χ1n) is 8.59. The summed E-state index contributed by atoms with van der Waals surface area (Å²) in [7, 11) is -1.85. The summed E-state index contributed by atoms with van der Waals surface area (Å²) in [5, 5.41) is 5.74. The van der Waals surface area contributed by atoms with Crippen LogP contribution in [0.25, 0.3) is 0 Å². The van der Waals surface area contributed by atoms with Gasteiger partial charge >= 0.3 is 0 Å². The van der Waals surface area contributed by atoms with E-state index in [1.807, 2.05) is 6.07 Å². The molecule has 1 aliphatic heterocycles. The molecule has 0 bridgehead atoms. The molecule has 0 aliphatic carbocycles. The van der Waals surface area contributed by atoms with E-state index in [1.54, 1.807) is 29.6 Å². The Morgan fingerprint density at radius 2 is 1.96 bits per heavy atom. The fourth-order valence-corrected chi connectivity index (χ4v) is 4.30. The number of hydrogen-bond acceptors (Lipinski definition) is 5. The van der Waals surface area contributed by atoms with Crippen molar-refractivity contribution in [3.63, 3.8) is 0 Å². The van der Waals surface area contributed by atoms with Crippen molar-refractivity contribution in [3.8, 4) is 0 Å². The molecule has 0 spiro atoms. The average Bonchev–Trinajstić information content (AvgIpc) is 2.64. The second-order valence-electron chi connectivity index (χ2n) is 6.06. The molecule has 0 atom stereocenters. The molecule has 1 saturated heterocycles. The lowest BCUT2D eigenvalue weighted by atomic mass is 10.2. The van der Waals surface area contributed by atoms with Crippen LogP contribution in [0.2, 0.25) is 0 Å². The Balaban J connectivity index is 0.00000338. The van der Waals surface area contributed by atoms with E-state index < -0.39 is 10.0 Å². The zero-order chi connectivity index (χ0) is 18.1. The molecule has 1 amide bonds.